The summed E-state index contributed by atoms with van der Waals surface area (Å²) in [4.78, 5) is 16.9. The van der Waals surface area contributed by atoms with E-state index in [0.717, 1.165) is 25.4 Å². The molecule has 3 aromatic rings. The van der Waals surface area contributed by atoms with Gasteiger partial charge < -0.3 is 14.6 Å². The number of aromatic nitrogens is 2. The molecule has 0 saturated carbocycles. The number of benzene rings is 2. The second kappa shape index (κ2) is 8.68. The third kappa shape index (κ3) is 4.53. The van der Waals surface area contributed by atoms with E-state index in [9.17, 15) is 4.79 Å². The van der Waals surface area contributed by atoms with E-state index in [2.05, 4.69) is 37.5 Å². The van der Waals surface area contributed by atoms with Gasteiger partial charge in [0.05, 0.1) is 29.1 Å². The largest absolute Gasteiger partial charge is 0.383 e. The molecule has 0 aliphatic carbocycles. The Morgan fingerprint density at radius 1 is 1.24 bits per heavy atom. The molecule has 0 atom stereocenters. The summed E-state index contributed by atoms with van der Waals surface area (Å²) in [6.07, 6.45) is 0. The van der Waals surface area contributed by atoms with E-state index in [4.69, 9.17) is 4.74 Å². The molecule has 1 heterocycles. The number of halogens is 1. The second-order valence-corrected chi connectivity index (χ2v) is 7.45. The number of anilines is 1. The molecule has 1 N–H and O–H groups in total. The molecule has 0 unspecified atom stereocenters. The molecule has 7 heteroatoms. The van der Waals surface area contributed by atoms with Crippen molar-refractivity contribution in [3.63, 3.8) is 0 Å². The lowest BCUT2D eigenvalue weighted by molar-refractivity contribution is -0.113. The van der Waals surface area contributed by atoms with Gasteiger partial charge in [-0.2, -0.15) is 0 Å². The molecule has 0 aliphatic heterocycles. The number of carbonyl (C=O) groups excluding carboxylic acids is 1. The Labute approximate surface area is 164 Å². The van der Waals surface area contributed by atoms with Crippen molar-refractivity contribution in [3.8, 4) is 0 Å². The van der Waals surface area contributed by atoms with Crippen LogP contribution in [0.3, 0.4) is 0 Å². The number of nitrogens with zero attached hydrogens (tertiary/aromatic N) is 2. The zero-order chi connectivity index (χ0) is 17.6. The van der Waals surface area contributed by atoms with Crippen LogP contribution >= 0.6 is 34.4 Å². The maximum Gasteiger partial charge on any atom is 0.234 e. The normalized spacial score (nSPS) is 11.0. The van der Waals surface area contributed by atoms with Crippen molar-refractivity contribution in [2.45, 2.75) is 11.7 Å². The number of carbonyl (C=O) groups is 1. The minimum absolute atomic E-state index is 0.0422. The fraction of sp³-hybridized carbons (Fsp3) is 0.222. The van der Waals surface area contributed by atoms with Gasteiger partial charge in [-0.25, -0.2) is 4.98 Å². The Hall–Kier alpha value is -1.58. The van der Waals surface area contributed by atoms with Gasteiger partial charge in [0.2, 0.25) is 5.91 Å². The summed E-state index contributed by atoms with van der Waals surface area (Å²) in [6.45, 7) is 1.31. The SMILES string of the molecule is COCCn1c(SCC(=O)Nc2ccccc2I)nc2ccccc21. The highest BCUT2D eigenvalue weighted by Gasteiger charge is 2.13. The Morgan fingerprint density at radius 2 is 2.00 bits per heavy atom. The van der Waals surface area contributed by atoms with Gasteiger partial charge >= 0.3 is 0 Å². The zero-order valence-electron chi connectivity index (χ0n) is 13.7. The highest BCUT2D eigenvalue weighted by atomic mass is 127. The molecule has 25 heavy (non-hydrogen) atoms. The molecular weight excluding hydrogens is 449 g/mol. The van der Waals surface area contributed by atoms with Crippen molar-refractivity contribution < 1.29 is 9.53 Å². The van der Waals surface area contributed by atoms with E-state index in [1.165, 1.54) is 11.8 Å². The number of thioether (sulfide) groups is 1. The Bertz CT molecular complexity index is 882. The molecule has 2 aromatic carbocycles. The van der Waals surface area contributed by atoms with Crippen LogP contribution in [0.4, 0.5) is 5.69 Å². The van der Waals surface area contributed by atoms with Crippen molar-refractivity contribution in [2.75, 3.05) is 24.8 Å². The molecule has 0 saturated heterocycles. The van der Waals surface area contributed by atoms with Gasteiger partial charge in [-0.05, 0) is 46.9 Å². The average molecular weight is 467 g/mol. The number of para-hydroxylation sites is 3. The third-order valence-electron chi connectivity index (χ3n) is 3.62. The lowest BCUT2D eigenvalue weighted by Gasteiger charge is -2.09. The fourth-order valence-electron chi connectivity index (χ4n) is 2.44. The van der Waals surface area contributed by atoms with Crippen LogP contribution in [0.15, 0.2) is 53.7 Å². The molecule has 1 amide bonds. The predicted molar refractivity (Wildman–Crippen MR) is 110 cm³/mol. The maximum atomic E-state index is 12.3. The predicted octanol–water partition coefficient (Wildman–Crippen LogP) is 4.02. The molecule has 0 bridgehead atoms. The van der Waals surface area contributed by atoms with Gasteiger partial charge in [0, 0.05) is 17.2 Å². The minimum atomic E-state index is -0.0422. The van der Waals surface area contributed by atoms with Crippen LogP contribution in [0.25, 0.3) is 11.0 Å². The molecular formula is C18H18IN3O2S. The topological polar surface area (TPSA) is 56.1 Å². The third-order valence-corrected chi connectivity index (χ3v) is 5.54. The van der Waals surface area contributed by atoms with Crippen molar-refractivity contribution in [1.82, 2.24) is 9.55 Å². The Balaban J connectivity index is 1.72. The molecule has 1 aromatic heterocycles. The fourth-order valence-corrected chi connectivity index (χ4v) is 3.80. The van der Waals surface area contributed by atoms with Gasteiger partial charge in [0.15, 0.2) is 5.16 Å². The highest BCUT2D eigenvalue weighted by molar-refractivity contribution is 14.1. The number of rotatable bonds is 7. The van der Waals surface area contributed by atoms with E-state index >= 15 is 0 Å². The summed E-state index contributed by atoms with van der Waals surface area (Å²) < 4.78 is 8.32. The number of fused-ring (bicyclic) bond motifs is 1. The quantitative estimate of drug-likeness (QED) is 0.422. The molecule has 0 aliphatic rings. The molecule has 130 valence electrons. The van der Waals surface area contributed by atoms with Crippen LogP contribution in [-0.2, 0) is 16.1 Å². The van der Waals surface area contributed by atoms with Crippen LogP contribution in [0, 0.1) is 3.57 Å². The molecule has 5 nitrogen and oxygen atoms in total. The van der Waals surface area contributed by atoms with Crippen LogP contribution in [0.5, 0.6) is 0 Å². The maximum absolute atomic E-state index is 12.3. The number of nitrogens with one attached hydrogen (secondary N) is 1. The minimum Gasteiger partial charge on any atom is -0.383 e. The first kappa shape index (κ1) is 18.2. The summed E-state index contributed by atoms with van der Waals surface area (Å²) in [5.74, 6) is 0.265. The van der Waals surface area contributed by atoms with Crippen molar-refractivity contribution in [1.29, 1.82) is 0 Å². The van der Waals surface area contributed by atoms with Crippen LogP contribution in [0.2, 0.25) is 0 Å². The average Bonchev–Trinajstić information content (AvgIpc) is 2.98. The summed E-state index contributed by atoms with van der Waals surface area (Å²) in [6, 6.07) is 15.7. The highest BCUT2D eigenvalue weighted by Crippen LogP contribution is 2.24. The van der Waals surface area contributed by atoms with Crippen molar-refractivity contribution >= 4 is 57.0 Å². The number of hydrogen-bond donors (Lipinski definition) is 1. The number of imidazole rings is 1. The van der Waals surface area contributed by atoms with Gasteiger partial charge in [-0.15, -0.1) is 0 Å². The number of methoxy groups -OCH3 is 1. The molecule has 0 radical (unpaired) electrons. The summed E-state index contributed by atoms with van der Waals surface area (Å²) in [7, 11) is 1.68. The zero-order valence-corrected chi connectivity index (χ0v) is 16.7. The molecule has 3 rings (SSSR count). The van der Waals surface area contributed by atoms with Gasteiger partial charge in [0.25, 0.3) is 0 Å². The summed E-state index contributed by atoms with van der Waals surface area (Å²) in [5.41, 5.74) is 2.82. The lowest BCUT2D eigenvalue weighted by atomic mass is 10.3. The van der Waals surface area contributed by atoms with Crippen LogP contribution in [0.1, 0.15) is 0 Å². The van der Waals surface area contributed by atoms with Gasteiger partial charge in [0.1, 0.15) is 0 Å². The number of hydrogen-bond acceptors (Lipinski definition) is 4. The van der Waals surface area contributed by atoms with Gasteiger partial charge in [-0.1, -0.05) is 36.0 Å². The second-order valence-electron chi connectivity index (χ2n) is 5.34. The smallest absolute Gasteiger partial charge is 0.234 e. The molecule has 0 fully saturated rings. The van der Waals surface area contributed by atoms with E-state index in [1.54, 1.807) is 7.11 Å². The van der Waals surface area contributed by atoms with E-state index in [-0.39, 0.29) is 5.91 Å². The van der Waals surface area contributed by atoms with Gasteiger partial charge in [-0.3, -0.25) is 4.79 Å². The Morgan fingerprint density at radius 3 is 2.80 bits per heavy atom. The van der Waals surface area contributed by atoms with Crippen molar-refractivity contribution in [2.24, 2.45) is 0 Å². The number of ether oxygens (including phenoxy) is 1. The summed E-state index contributed by atoms with van der Waals surface area (Å²) in [5, 5.41) is 3.78. The summed E-state index contributed by atoms with van der Waals surface area (Å²) >= 11 is 3.65. The first-order chi connectivity index (χ1) is 12.2. The first-order valence-electron chi connectivity index (χ1n) is 7.80. The van der Waals surface area contributed by atoms with E-state index in [0.29, 0.717) is 18.9 Å². The Kier molecular flexibility index (Phi) is 6.33. The van der Waals surface area contributed by atoms with Crippen LogP contribution in [-0.4, -0.2) is 34.9 Å². The van der Waals surface area contributed by atoms with Crippen molar-refractivity contribution in [3.05, 3.63) is 52.1 Å². The van der Waals surface area contributed by atoms with Crippen LogP contribution < -0.4 is 5.32 Å². The number of amides is 1. The molecule has 0 spiro atoms. The standard InChI is InChI=1S/C18H18IN3O2S/c1-24-11-10-22-16-9-5-4-8-15(16)21-18(22)25-12-17(23)20-14-7-3-2-6-13(14)19/h2-9H,10-12H2,1H3,(H,20,23). The monoisotopic (exact) mass is 467 g/mol. The van der Waals surface area contributed by atoms with E-state index < -0.39 is 0 Å². The lowest BCUT2D eigenvalue weighted by Crippen LogP contribution is -2.15. The first-order valence-corrected chi connectivity index (χ1v) is 9.87. The van der Waals surface area contributed by atoms with E-state index in [1.807, 2.05) is 48.5 Å².